The molecule has 1 saturated heterocycles. The predicted molar refractivity (Wildman–Crippen MR) is 101 cm³/mol. The number of fused-ring (bicyclic) bond motifs is 1. The fraction of sp³-hybridized carbons (Fsp3) is 0.688. The fourth-order valence-electron chi connectivity index (χ4n) is 3.06. The molecule has 1 aliphatic heterocycles. The van der Waals surface area contributed by atoms with Gasteiger partial charge in [-0.05, 0) is 20.8 Å². The number of hydrogen-bond donors (Lipinski definition) is 4. The molecule has 1 aliphatic rings. The number of imidazole rings is 1. The topological polar surface area (TPSA) is 152 Å². The van der Waals surface area contributed by atoms with E-state index in [9.17, 15) is 9.67 Å². The van der Waals surface area contributed by atoms with Crippen LogP contribution < -0.4 is 5.32 Å². The molecule has 0 amide bonds. The van der Waals surface area contributed by atoms with Crippen molar-refractivity contribution in [2.24, 2.45) is 5.92 Å². The van der Waals surface area contributed by atoms with E-state index in [1.165, 1.54) is 12.7 Å². The summed E-state index contributed by atoms with van der Waals surface area (Å²) in [5.74, 6) is 0.270. The molecule has 156 valence electrons. The Hall–Kier alpha value is -1.62. The van der Waals surface area contributed by atoms with Crippen LogP contribution in [0.15, 0.2) is 12.7 Å². The molecule has 0 radical (unpaired) electrons. The highest BCUT2D eigenvalue weighted by molar-refractivity contribution is 7.51. The van der Waals surface area contributed by atoms with Crippen LogP contribution in [0.4, 0.5) is 5.82 Å². The zero-order valence-electron chi connectivity index (χ0n) is 16.2. The number of aliphatic hydroxyl groups excluding tert-OH is 1. The first kappa shape index (κ1) is 21.1. The Morgan fingerprint density at radius 3 is 2.68 bits per heavy atom. The molecular weight excluding hydrogens is 389 g/mol. The van der Waals surface area contributed by atoms with Gasteiger partial charge in [0, 0.05) is 11.5 Å². The van der Waals surface area contributed by atoms with Gasteiger partial charge in [-0.25, -0.2) is 15.0 Å². The Morgan fingerprint density at radius 2 is 2.04 bits per heavy atom. The van der Waals surface area contributed by atoms with E-state index in [0.717, 1.165) is 0 Å². The minimum absolute atomic E-state index is 0.0434. The molecule has 0 aliphatic carbocycles. The molecule has 0 bridgehead atoms. The first-order valence-corrected chi connectivity index (χ1v) is 10.7. The van der Waals surface area contributed by atoms with E-state index in [-0.39, 0.29) is 18.1 Å². The van der Waals surface area contributed by atoms with E-state index in [0.29, 0.717) is 17.0 Å². The summed E-state index contributed by atoms with van der Waals surface area (Å²) >= 11 is 0. The number of anilines is 1. The zero-order valence-corrected chi connectivity index (χ0v) is 17.1. The van der Waals surface area contributed by atoms with Crippen molar-refractivity contribution in [1.82, 2.24) is 19.5 Å². The molecule has 3 heterocycles. The number of hydrogen-bond acceptors (Lipinski definition) is 8. The summed E-state index contributed by atoms with van der Waals surface area (Å²) in [5.41, 5.74) is 0.849. The van der Waals surface area contributed by atoms with E-state index in [1.807, 2.05) is 20.8 Å². The van der Waals surface area contributed by atoms with Crippen LogP contribution in [0.2, 0.25) is 0 Å². The Kier molecular flexibility index (Phi) is 5.77. The molecule has 2 aromatic heterocycles. The minimum atomic E-state index is -4.26. The lowest BCUT2D eigenvalue weighted by molar-refractivity contribution is -0.0577. The van der Waals surface area contributed by atoms with E-state index in [2.05, 4.69) is 20.3 Å². The minimum Gasteiger partial charge on any atom is -0.388 e. The first-order chi connectivity index (χ1) is 13.0. The fourth-order valence-corrected chi connectivity index (χ4v) is 3.40. The van der Waals surface area contributed by atoms with E-state index in [1.54, 1.807) is 11.5 Å². The maximum absolute atomic E-state index is 10.9. The second kappa shape index (κ2) is 7.66. The number of aliphatic hydroxyl groups is 1. The molecule has 0 unspecified atom stereocenters. The molecule has 4 atom stereocenters. The number of nitrogens with one attached hydrogen (secondary N) is 1. The molecular formula is C16H26N5O6P. The lowest BCUT2D eigenvalue weighted by Crippen LogP contribution is -2.27. The highest BCUT2D eigenvalue weighted by Crippen LogP contribution is 2.38. The smallest absolute Gasteiger partial charge is 0.350 e. The van der Waals surface area contributed by atoms with Crippen LogP contribution in [0, 0.1) is 5.92 Å². The Balaban J connectivity index is 1.80. The normalized spacial score (nSPS) is 26.1. The van der Waals surface area contributed by atoms with Crippen molar-refractivity contribution >= 4 is 24.6 Å². The van der Waals surface area contributed by atoms with Crippen LogP contribution in [-0.4, -0.2) is 65.1 Å². The largest absolute Gasteiger partial charge is 0.388 e. The lowest BCUT2D eigenvalue weighted by Gasteiger charge is -2.21. The van der Waals surface area contributed by atoms with Crippen molar-refractivity contribution in [3.8, 4) is 0 Å². The quantitative estimate of drug-likeness (QED) is 0.504. The third-order valence-electron chi connectivity index (χ3n) is 4.40. The van der Waals surface area contributed by atoms with Crippen molar-refractivity contribution in [2.45, 2.75) is 51.7 Å². The second-order valence-electron chi connectivity index (χ2n) is 8.00. The van der Waals surface area contributed by atoms with Crippen LogP contribution in [0.25, 0.3) is 11.2 Å². The highest BCUT2D eigenvalue weighted by Gasteiger charge is 2.43. The van der Waals surface area contributed by atoms with Gasteiger partial charge in [0.2, 0.25) is 0 Å². The molecule has 1 fully saturated rings. The third kappa shape index (κ3) is 4.68. The summed E-state index contributed by atoms with van der Waals surface area (Å²) in [5, 5.41) is 13.9. The molecule has 28 heavy (non-hydrogen) atoms. The number of ether oxygens (including phenoxy) is 2. The maximum atomic E-state index is 10.9. The Labute approximate surface area is 162 Å². The summed E-state index contributed by atoms with van der Waals surface area (Å²) in [6.07, 6.45) is 0.116. The molecule has 3 rings (SSSR count). The van der Waals surface area contributed by atoms with Gasteiger partial charge in [0.25, 0.3) is 0 Å². The van der Waals surface area contributed by atoms with Crippen molar-refractivity contribution in [3.05, 3.63) is 12.7 Å². The van der Waals surface area contributed by atoms with Crippen molar-refractivity contribution in [3.63, 3.8) is 0 Å². The van der Waals surface area contributed by atoms with Gasteiger partial charge < -0.3 is 29.7 Å². The SMILES string of the molecule is C[C@H]1[C@@H](O)[C@H](n2cnc3c(NC(C)(C)C)ncnc32)O[C@@H]1COCP(=O)(O)O. The summed E-state index contributed by atoms with van der Waals surface area (Å²) in [7, 11) is -4.26. The highest BCUT2D eigenvalue weighted by atomic mass is 31.2. The number of rotatable bonds is 6. The number of aromatic nitrogens is 4. The van der Waals surface area contributed by atoms with Crippen LogP contribution in [0.3, 0.4) is 0 Å². The average Bonchev–Trinajstić information content (AvgIpc) is 3.09. The summed E-state index contributed by atoms with van der Waals surface area (Å²) in [4.78, 5) is 30.7. The van der Waals surface area contributed by atoms with Crippen LogP contribution in [0.1, 0.15) is 33.9 Å². The lowest BCUT2D eigenvalue weighted by atomic mass is 10.0. The van der Waals surface area contributed by atoms with Gasteiger partial charge in [-0.2, -0.15) is 0 Å². The van der Waals surface area contributed by atoms with Gasteiger partial charge in [-0.15, -0.1) is 0 Å². The van der Waals surface area contributed by atoms with Gasteiger partial charge in [0.05, 0.1) is 19.0 Å². The van der Waals surface area contributed by atoms with E-state index < -0.39 is 32.4 Å². The maximum Gasteiger partial charge on any atom is 0.350 e. The monoisotopic (exact) mass is 415 g/mol. The summed E-state index contributed by atoms with van der Waals surface area (Å²) in [6, 6.07) is 0. The van der Waals surface area contributed by atoms with Crippen LogP contribution >= 0.6 is 7.60 Å². The molecule has 4 N–H and O–H groups in total. The van der Waals surface area contributed by atoms with Crippen molar-refractivity contribution in [2.75, 3.05) is 18.3 Å². The standard InChI is InChI=1S/C16H26N5O6P/c1-9-10(5-26-8-28(23,24)25)27-15(12(9)22)21-7-19-11-13(20-16(2,3)4)17-6-18-14(11)21/h6-7,9-10,12,15,22H,5,8H2,1-4H3,(H,17,18,20)(H2,23,24,25)/t9-,10-,12-,15-/m1/s1. The van der Waals surface area contributed by atoms with Gasteiger partial charge in [0.1, 0.15) is 18.8 Å². The average molecular weight is 415 g/mol. The van der Waals surface area contributed by atoms with Gasteiger partial charge >= 0.3 is 7.60 Å². The predicted octanol–water partition coefficient (Wildman–Crippen LogP) is 1.08. The molecule has 0 saturated carbocycles. The van der Waals surface area contributed by atoms with Crippen molar-refractivity contribution < 1.29 is 28.9 Å². The second-order valence-corrected chi connectivity index (χ2v) is 9.59. The van der Waals surface area contributed by atoms with Gasteiger partial charge in [0.15, 0.2) is 23.2 Å². The molecule has 0 aromatic carbocycles. The van der Waals surface area contributed by atoms with Crippen molar-refractivity contribution in [1.29, 1.82) is 0 Å². The van der Waals surface area contributed by atoms with Crippen LogP contribution in [-0.2, 0) is 14.0 Å². The molecule has 11 nitrogen and oxygen atoms in total. The Morgan fingerprint density at radius 1 is 1.32 bits per heavy atom. The molecule has 2 aromatic rings. The van der Waals surface area contributed by atoms with Gasteiger partial charge in [-0.1, -0.05) is 6.92 Å². The number of nitrogens with zero attached hydrogens (tertiary/aromatic N) is 4. The molecule has 0 spiro atoms. The summed E-state index contributed by atoms with van der Waals surface area (Å²) < 4.78 is 23.5. The third-order valence-corrected chi connectivity index (χ3v) is 4.92. The van der Waals surface area contributed by atoms with E-state index in [4.69, 9.17) is 19.3 Å². The van der Waals surface area contributed by atoms with E-state index >= 15 is 0 Å². The van der Waals surface area contributed by atoms with Crippen LogP contribution in [0.5, 0.6) is 0 Å². The first-order valence-electron chi connectivity index (χ1n) is 8.88. The Bertz CT molecular complexity index is 878. The molecule has 12 heteroatoms. The van der Waals surface area contributed by atoms with Gasteiger partial charge in [-0.3, -0.25) is 9.13 Å². The zero-order chi connectivity index (χ0) is 20.7. The summed E-state index contributed by atoms with van der Waals surface area (Å²) in [6.45, 7) is 7.76.